The Kier molecular flexibility index (Phi) is 9.74. The molecular formula is C41H46FN8O3P. The first-order chi connectivity index (χ1) is 26.2. The fourth-order valence-corrected chi connectivity index (χ4v) is 9.78. The highest BCUT2D eigenvalue weighted by atomic mass is 31.1. The highest BCUT2D eigenvalue weighted by Crippen LogP contribution is 2.36. The van der Waals surface area contributed by atoms with Crippen LogP contribution in [0.3, 0.4) is 0 Å². The fraction of sp³-hybridized carbons (Fsp3) is 0.366. The number of benzene rings is 2. The van der Waals surface area contributed by atoms with Crippen molar-refractivity contribution in [1.29, 1.82) is 0 Å². The number of pyridine rings is 1. The lowest BCUT2D eigenvalue weighted by Gasteiger charge is -2.26. The van der Waals surface area contributed by atoms with Crippen LogP contribution in [0.2, 0.25) is 0 Å². The van der Waals surface area contributed by atoms with E-state index >= 15 is 0 Å². The van der Waals surface area contributed by atoms with Crippen LogP contribution in [0.1, 0.15) is 71.0 Å². The number of H-pyrrole nitrogens is 1. The molecule has 2 N–H and O–H groups in total. The largest absolute Gasteiger partial charge is 0.386 e. The number of ether oxygens (including phenoxy) is 1. The highest BCUT2D eigenvalue weighted by Gasteiger charge is 2.31. The number of rotatable bonds is 9. The Labute approximate surface area is 314 Å². The van der Waals surface area contributed by atoms with Gasteiger partial charge >= 0.3 is 5.69 Å². The average Bonchev–Trinajstić information content (AvgIpc) is 3.91. The molecule has 8 rings (SSSR count). The van der Waals surface area contributed by atoms with E-state index in [9.17, 15) is 14.0 Å². The number of imidazole rings is 1. The molecular weight excluding hydrogens is 702 g/mol. The first kappa shape index (κ1) is 35.9. The standard InChI is InChI=1S/C41H46FN8O3P/c1-6-54(7-2)38-35(43-5)22-31(23-44-38)48-14-15-49(41(48)52)39-32-24-47(13-10-34(32)46-50(39)30-18-25(3)37(42)26(4)19-30)40(51)36-21-29-20-28(8-9-33(29)45-36)27-11-16-53-17-12-27/h8-9,14-15,18-23,27,43,45H,6-7,10-13,16-17,24H2,1-5H3. The molecule has 1 fully saturated rings. The lowest BCUT2D eigenvalue weighted by Crippen LogP contribution is -2.36. The van der Waals surface area contributed by atoms with E-state index in [2.05, 4.69) is 42.3 Å². The number of aromatic amines is 1. The van der Waals surface area contributed by atoms with Crippen LogP contribution in [0, 0.1) is 19.7 Å². The third-order valence-corrected chi connectivity index (χ3v) is 13.5. The molecule has 0 saturated carbocycles. The molecule has 4 aromatic heterocycles. The van der Waals surface area contributed by atoms with E-state index in [-0.39, 0.29) is 24.0 Å². The van der Waals surface area contributed by atoms with Crippen LogP contribution in [0.15, 0.2) is 65.8 Å². The second kappa shape index (κ2) is 14.6. The van der Waals surface area contributed by atoms with Crippen molar-refractivity contribution in [2.45, 2.75) is 59.4 Å². The van der Waals surface area contributed by atoms with E-state index in [1.165, 1.54) is 5.56 Å². The summed E-state index contributed by atoms with van der Waals surface area (Å²) in [6.07, 6.45) is 9.76. The zero-order chi connectivity index (χ0) is 37.7. The third kappa shape index (κ3) is 6.35. The molecule has 1 saturated heterocycles. The Hall–Kier alpha value is -5.06. The maximum atomic E-state index is 14.9. The van der Waals surface area contributed by atoms with Crippen molar-refractivity contribution in [3.05, 3.63) is 111 Å². The number of halogens is 1. The molecule has 6 heterocycles. The van der Waals surface area contributed by atoms with Gasteiger partial charge in [0.05, 0.1) is 40.9 Å². The van der Waals surface area contributed by atoms with Gasteiger partial charge in [0.15, 0.2) is 0 Å². The number of hydrogen-bond acceptors (Lipinski definition) is 6. The summed E-state index contributed by atoms with van der Waals surface area (Å²) in [6.45, 7) is 10.1. The van der Waals surface area contributed by atoms with E-state index in [0.29, 0.717) is 52.9 Å². The number of aromatic nitrogens is 6. The quantitative estimate of drug-likeness (QED) is 0.159. The van der Waals surface area contributed by atoms with Crippen LogP contribution in [0.25, 0.3) is 28.1 Å². The SMILES string of the molecule is CCP(CC)c1ncc(-n2ccn(-c3c4c(nn3-c3cc(C)c(F)c(C)c3)CCN(C(=O)c3cc5cc(C6CCOCC6)ccc5[nH]3)C4)c2=O)cc1NC. The zero-order valence-corrected chi connectivity index (χ0v) is 32.3. The number of carbonyl (C=O) groups excluding carboxylic acids is 1. The van der Waals surface area contributed by atoms with E-state index < -0.39 is 7.92 Å². The molecule has 0 radical (unpaired) electrons. The molecule has 11 nitrogen and oxygen atoms in total. The minimum Gasteiger partial charge on any atom is -0.386 e. The summed E-state index contributed by atoms with van der Waals surface area (Å²) in [5.41, 5.74) is 8.16. The van der Waals surface area contributed by atoms with Gasteiger partial charge in [0.1, 0.15) is 17.3 Å². The fourth-order valence-electron chi connectivity index (χ4n) is 8.00. The number of amides is 1. The number of fused-ring (bicyclic) bond motifs is 2. The van der Waals surface area contributed by atoms with Gasteiger partial charge in [-0.25, -0.2) is 13.9 Å². The molecule has 54 heavy (non-hydrogen) atoms. The lowest BCUT2D eigenvalue weighted by molar-refractivity contribution is 0.0729. The number of nitrogens with zero attached hydrogens (tertiary/aromatic N) is 6. The van der Waals surface area contributed by atoms with Crippen LogP contribution >= 0.6 is 7.92 Å². The Morgan fingerprint density at radius 3 is 2.48 bits per heavy atom. The molecule has 2 aromatic carbocycles. The van der Waals surface area contributed by atoms with Crippen LogP contribution in [0.5, 0.6) is 0 Å². The number of hydrogen-bond donors (Lipinski definition) is 2. The minimum absolute atomic E-state index is 0.119. The molecule has 0 unspecified atom stereocenters. The molecule has 2 aliphatic heterocycles. The summed E-state index contributed by atoms with van der Waals surface area (Å²) < 4.78 is 25.3. The summed E-state index contributed by atoms with van der Waals surface area (Å²) in [4.78, 5) is 38.6. The van der Waals surface area contributed by atoms with Gasteiger partial charge in [-0.05, 0) is 98.0 Å². The first-order valence-electron chi connectivity index (χ1n) is 18.8. The molecule has 0 spiro atoms. The van der Waals surface area contributed by atoms with Gasteiger partial charge in [-0.3, -0.25) is 18.9 Å². The molecule has 0 atom stereocenters. The van der Waals surface area contributed by atoms with Gasteiger partial charge in [-0.2, -0.15) is 5.10 Å². The number of carbonyl (C=O) groups is 1. The predicted molar refractivity (Wildman–Crippen MR) is 212 cm³/mol. The molecule has 1 amide bonds. The maximum Gasteiger partial charge on any atom is 0.338 e. The normalized spacial score (nSPS) is 15.0. The second-order valence-corrected chi connectivity index (χ2v) is 17.0. The Morgan fingerprint density at radius 2 is 1.76 bits per heavy atom. The van der Waals surface area contributed by atoms with Gasteiger partial charge in [-0.15, -0.1) is 0 Å². The number of nitrogens with one attached hydrogen (secondary N) is 2. The van der Waals surface area contributed by atoms with Crippen molar-refractivity contribution in [3.63, 3.8) is 0 Å². The smallest absolute Gasteiger partial charge is 0.338 e. The second-order valence-electron chi connectivity index (χ2n) is 14.3. The minimum atomic E-state index is -0.416. The van der Waals surface area contributed by atoms with Gasteiger partial charge in [-0.1, -0.05) is 27.8 Å². The van der Waals surface area contributed by atoms with Crippen molar-refractivity contribution in [3.8, 4) is 17.2 Å². The first-order valence-corrected chi connectivity index (χ1v) is 20.5. The van der Waals surface area contributed by atoms with Crippen LogP contribution in [-0.4, -0.2) is 78.8 Å². The highest BCUT2D eigenvalue weighted by molar-refractivity contribution is 7.65. The molecule has 0 aliphatic carbocycles. The van der Waals surface area contributed by atoms with Crippen molar-refractivity contribution in [2.24, 2.45) is 0 Å². The Bertz CT molecular complexity index is 2410. The summed E-state index contributed by atoms with van der Waals surface area (Å²) >= 11 is 0. The molecule has 6 aromatic rings. The summed E-state index contributed by atoms with van der Waals surface area (Å²) in [6, 6.07) is 13.8. The third-order valence-electron chi connectivity index (χ3n) is 11.0. The van der Waals surface area contributed by atoms with Crippen molar-refractivity contribution >= 4 is 35.9 Å². The van der Waals surface area contributed by atoms with Crippen molar-refractivity contribution < 1.29 is 13.9 Å². The van der Waals surface area contributed by atoms with E-state index in [4.69, 9.17) is 14.8 Å². The number of aryl methyl sites for hydroxylation is 2. The van der Waals surface area contributed by atoms with Gasteiger partial charge in [0.2, 0.25) is 0 Å². The van der Waals surface area contributed by atoms with Gasteiger partial charge < -0.3 is 19.9 Å². The average molecular weight is 749 g/mol. The molecule has 280 valence electrons. The van der Waals surface area contributed by atoms with Crippen LogP contribution in [-0.2, 0) is 17.7 Å². The Morgan fingerprint density at radius 1 is 1.02 bits per heavy atom. The maximum absolute atomic E-state index is 14.9. The lowest BCUT2D eigenvalue weighted by atomic mass is 9.91. The summed E-state index contributed by atoms with van der Waals surface area (Å²) in [5.74, 6) is 0.581. The van der Waals surface area contributed by atoms with Crippen molar-refractivity contribution in [1.82, 2.24) is 33.8 Å². The van der Waals surface area contributed by atoms with Crippen molar-refractivity contribution in [2.75, 3.05) is 44.4 Å². The number of anilines is 1. The summed E-state index contributed by atoms with van der Waals surface area (Å²) in [7, 11) is 1.46. The van der Waals surface area contributed by atoms with E-state index in [1.807, 2.05) is 24.1 Å². The van der Waals surface area contributed by atoms with E-state index in [1.54, 1.807) is 58.4 Å². The molecule has 0 bridgehead atoms. The van der Waals surface area contributed by atoms with E-state index in [0.717, 1.165) is 71.7 Å². The van der Waals surface area contributed by atoms with Crippen LogP contribution < -0.4 is 16.4 Å². The summed E-state index contributed by atoms with van der Waals surface area (Å²) in [5, 5.41) is 9.32. The topological polar surface area (TPSA) is 115 Å². The van der Waals surface area contributed by atoms with Crippen LogP contribution in [0.4, 0.5) is 10.1 Å². The van der Waals surface area contributed by atoms with Gasteiger partial charge in [0, 0.05) is 62.1 Å². The monoisotopic (exact) mass is 748 g/mol. The zero-order valence-electron chi connectivity index (χ0n) is 31.4. The predicted octanol–water partition coefficient (Wildman–Crippen LogP) is 6.73. The Balaban J connectivity index is 1.18. The molecule has 13 heteroatoms. The molecule has 2 aliphatic rings. The van der Waals surface area contributed by atoms with Gasteiger partial charge in [0.25, 0.3) is 5.91 Å².